The summed E-state index contributed by atoms with van der Waals surface area (Å²) in [4.78, 5) is 38.2. The van der Waals surface area contributed by atoms with E-state index in [0.717, 1.165) is 42.0 Å². The fourth-order valence-corrected chi connectivity index (χ4v) is 5.83. The van der Waals surface area contributed by atoms with Crippen LogP contribution in [0.1, 0.15) is 71.3 Å². The fourth-order valence-electron chi connectivity index (χ4n) is 5.33. The summed E-state index contributed by atoms with van der Waals surface area (Å²) >= 11 is 4.77. The zero-order valence-corrected chi connectivity index (χ0v) is 23.1. The molecule has 0 spiro atoms. The van der Waals surface area contributed by atoms with Crippen LogP contribution < -0.4 is 10.9 Å². The summed E-state index contributed by atoms with van der Waals surface area (Å²) in [7, 11) is 0. The molecular weight excluding hydrogens is 524 g/mol. The van der Waals surface area contributed by atoms with Crippen LogP contribution in [-0.2, 0) is 24.2 Å². The van der Waals surface area contributed by atoms with E-state index in [1.165, 1.54) is 0 Å². The van der Waals surface area contributed by atoms with Gasteiger partial charge in [0.1, 0.15) is 11.2 Å². The number of nitrogens with zero attached hydrogens (tertiary/aromatic N) is 5. The van der Waals surface area contributed by atoms with Crippen LogP contribution in [0, 0.1) is 0 Å². The Bertz CT molecular complexity index is 1530. The Morgan fingerprint density at radius 3 is 2.52 bits per heavy atom. The Hall–Kier alpha value is -3.76. The third kappa shape index (κ3) is 5.46. The highest BCUT2D eigenvalue weighted by atomic mass is 32.1. The normalized spacial score (nSPS) is 16.9. The highest BCUT2D eigenvalue weighted by molar-refractivity contribution is 7.80. The number of hydrogen-bond donors (Lipinski definition) is 2. The molecule has 9 nitrogen and oxygen atoms in total. The number of carbonyl (C=O) groups excluding carboxylic acids is 1. The first-order valence-electron chi connectivity index (χ1n) is 13.8. The smallest absolute Gasteiger partial charge is 0.264 e. The van der Waals surface area contributed by atoms with Gasteiger partial charge in [-0.3, -0.25) is 14.2 Å². The molecule has 10 heteroatoms. The largest absolute Gasteiger partial charge is 0.338 e. The monoisotopic (exact) mass is 556 g/mol. The van der Waals surface area contributed by atoms with Crippen LogP contribution in [0.5, 0.6) is 0 Å². The topological polar surface area (TPSA) is 106 Å². The van der Waals surface area contributed by atoms with Gasteiger partial charge in [0, 0.05) is 38.3 Å². The Labute approximate surface area is 238 Å². The Morgan fingerprint density at radius 1 is 1.05 bits per heavy atom. The highest BCUT2D eigenvalue weighted by Gasteiger charge is 2.35. The van der Waals surface area contributed by atoms with Crippen LogP contribution in [0.4, 0.5) is 0 Å². The van der Waals surface area contributed by atoms with Crippen LogP contribution >= 0.6 is 12.6 Å². The predicted octanol–water partition coefficient (Wildman–Crippen LogP) is 3.97. The van der Waals surface area contributed by atoms with E-state index in [1.54, 1.807) is 9.47 Å². The zero-order valence-electron chi connectivity index (χ0n) is 22.2. The molecule has 2 aromatic carbocycles. The molecule has 1 unspecified atom stereocenters. The SMILES string of the molecule is O=C(CCNCc1nc(Cc2ccccc2)no1)N1CCc2nc(C3CCC3)n(-c3ccccc3)c(=O)c2C1S. The minimum atomic E-state index is -0.641. The standard InChI is InChI=1S/C30H32N6O3S/c37-26(14-16-31-19-25-33-24(34-39-25)18-20-8-3-1-4-9-20)35-17-15-23-27(30(35)40)29(38)36(22-12-5-2-6-13-22)28(32-23)21-10-7-11-21/h1-6,8-9,12-13,21,30-31,40H,7,10-11,14-19H2. The number of rotatable bonds is 9. The Morgan fingerprint density at radius 2 is 1.80 bits per heavy atom. The molecule has 1 amide bonds. The van der Waals surface area contributed by atoms with Crippen LogP contribution in [0.15, 0.2) is 70.0 Å². The van der Waals surface area contributed by atoms with Crippen molar-refractivity contribution in [1.82, 2.24) is 29.9 Å². The van der Waals surface area contributed by atoms with Crippen molar-refractivity contribution in [2.75, 3.05) is 13.1 Å². The predicted molar refractivity (Wildman–Crippen MR) is 153 cm³/mol. The second kappa shape index (κ2) is 11.8. The van der Waals surface area contributed by atoms with Gasteiger partial charge in [0.05, 0.1) is 23.5 Å². The van der Waals surface area contributed by atoms with Gasteiger partial charge < -0.3 is 14.7 Å². The van der Waals surface area contributed by atoms with Crippen LogP contribution in [0.25, 0.3) is 5.69 Å². The van der Waals surface area contributed by atoms with Crippen molar-refractivity contribution >= 4 is 18.5 Å². The second-order valence-corrected chi connectivity index (χ2v) is 10.8. The van der Waals surface area contributed by atoms with Gasteiger partial charge in [-0.25, -0.2) is 4.98 Å². The number of nitrogens with one attached hydrogen (secondary N) is 1. The van der Waals surface area contributed by atoms with E-state index in [0.29, 0.717) is 49.8 Å². The van der Waals surface area contributed by atoms with Crippen LogP contribution in [-0.4, -0.2) is 43.6 Å². The van der Waals surface area contributed by atoms with E-state index in [1.807, 2.05) is 60.7 Å². The van der Waals surface area contributed by atoms with E-state index in [-0.39, 0.29) is 23.8 Å². The van der Waals surface area contributed by atoms with Gasteiger partial charge in [0.2, 0.25) is 11.8 Å². The molecular formula is C30H32N6O3S. The van der Waals surface area contributed by atoms with Gasteiger partial charge in [-0.2, -0.15) is 4.98 Å². The fraction of sp³-hybridized carbons (Fsp3) is 0.367. The summed E-state index contributed by atoms with van der Waals surface area (Å²) in [5.41, 5.74) is 3.05. The minimum absolute atomic E-state index is 0.0674. The van der Waals surface area contributed by atoms with Crippen molar-refractivity contribution in [1.29, 1.82) is 0 Å². The molecule has 1 aliphatic carbocycles. The number of para-hydroxylation sites is 1. The van der Waals surface area contributed by atoms with Gasteiger partial charge in [0.15, 0.2) is 5.82 Å². The van der Waals surface area contributed by atoms with Crippen molar-refractivity contribution in [3.05, 3.63) is 105 Å². The summed E-state index contributed by atoms with van der Waals surface area (Å²) in [6.45, 7) is 1.29. The molecule has 4 aromatic rings. The average molecular weight is 557 g/mol. The molecule has 1 saturated carbocycles. The van der Waals surface area contributed by atoms with E-state index < -0.39 is 5.37 Å². The molecule has 0 bridgehead atoms. The lowest BCUT2D eigenvalue weighted by Gasteiger charge is -2.35. The van der Waals surface area contributed by atoms with E-state index >= 15 is 0 Å². The molecule has 1 aliphatic heterocycles. The summed E-state index contributed by atoms with van der Waals surface area (Å²) in [5, 5.41) is 6.61. The van der Waals surface area contributed by atoms with Gasteiger partial charge in [-0.1, -0.05) is 60.1 Å². The highest BCUT2D eigenvalue weighted by Crippen LogP contribution is 2.38. The number of hydrogen-bond acceptors (Lipinski definition) is 8. The molecule has 0 saturated heterocycles. The molecule has 2 aliphatic rings. The molecule has 6 rings (SSSR count). The van der Waals surface area contributed by atoms with E-state index in [2.05, 4.69) is 15.5 Å². The lowest BCUT2D eigenvalue weighted by Crippen LogP contribution is -2.44. The first-order valence-corrected chi connectivity index (χ1v) is 14.3. The number of aromatic nitrogens is 4. The molecule has 1 fully saturated rings. The van der Waals surface area contributed by atoms with Crippen molar-refractivity contribution in [3.8, 4) is 5.69 Å². The lowest BCUT2D eigenvalue weighted by atomic mass is 9.84. The first-order chi connectivity index (χ1) is 19.6. The molecule has 40 heavy (non-hydrogen) atoms. The third-order valence-corrected chi connectivity index (χ3v) is 8.22. The van der Waals surface area contributed by atoms with E-state index in [9.17, 15) is 9.59 Å². The van der Waals surface area contributed by atoms with E-state index in [4.69, 9.17) is 22.1 Å². The molecule has 1 atom stereocenters. The number of carbonyl (C=O) groups is 1. The van der Waals surface area contributed by atoms with Crippen LogP contribution in [0.2, 0.25) is 0 Å². The zero-order chi connectivity index (χ0) is 27.5. The molecule has 1 N–H and O–H groups in total. The maximum absolute atomic E-state index is 13.9. The van der Waals surface area contributed by atoms with Crippen molar-refractivity contribution in [3.63, 3.8) is 0 Å². The van der Waals surface area contributed by atoms with Crippen molar-refractivity contribution < 1.29 is 9.32 Å². The maximum atomic E-state index is 13.9. The molecule has 2 aromatic heterocycles. The summed E-state index contributed by atoms with van der Waals surface area (Å²) in [6.07, 6.45) is 4.64. The van der Waals surface area contributed by atoms with Crippen molar-refractivity contribution in [2.45, 2.75) is 56.4 Å². The average Bonchev–Trinajstić information content (AvgIpc) is 3.38. The summed E-state index contributed by atoms with van der Waals surface area (Å²) in [6, 6.07) is 19.6. The first kappa shape index (κ1) is 26.5. The minimum Gasteiger partial charge on any atom is -0.338 e. The lowest BCUT2D eigenvalue weighted by molar-refractivity contribution is -0.132. The summed E-state index contributed by atoms with van der Waals surface area (Å²) < 4.78 is 7.07. The number of fused-ring (bicyclic) bond motifs is 1. The third-order valence-electron chi connectivity index (χ3n) is 7.68. The van der Waals surface area contributed by atoms with Gasteiger partial charge >= 0.3 is 0 Å². The Balaban J connectivity index is 1.10. The Kier molecular flexibility index (Phi) is 7.79. The molecule has 0 radical (unpaired) electrons. The number of amides is 1. The van der Waals surface area contributed by atoms with Crippen LogP contribution in [0.3, 0.4) is 0 Å². The van der Waals surface area contributed by atoms with Gasteiger partial charge in [-0.05, 0) is 30.5 Å². The second-order valence-electron chi connectivity index (χ2n) is 10.3. The molecule has 206 valence electrons. The van der Waals surface area contributed by atoms with Gasteiger partial charge in [-0.15, -0.1) is 12.6 Å². The molecule has 3 heterocycles. The maximum Gasteiger partial charge on any atom is 0.264 e. The number of benzene rings is 2. The number of thiol groups is 1. The van der Waals surface area contributed by atoms with Crippen molar-refractivity contribution in [2.24, 2.45) is 0 Å². The van der Waals surface area contributed by atoms with Gasteiger partial charge in [0.25, 0.3) is 5.56 Å². The summed E-state index contributed by atoms with van der Waals surface area (Å²) in [5.74, 6) is 2.16. The quantitative estimate of drug-likeness (QED) is 0.237.